The molecular weight excluding hydrogens is 352 g/mol. The lowest BCUT2D eigenvalue weighted by Gasteiger charge is -2.20. The minimum absolute atomic E-state index is 0.233. The van der Waals surface area contributed by atoms with Crippen LogP contribution in [0.5, 0.6) is 0 Å². The summed E-state index contributed by atoms with van der Waals surface area (Å²) < 4.78 is 5.25. The number of rotatable bonds is 4. The van der Waals surface area contributed by atoms with Gasteiger partial charge in [0.25, 0.3) is 0 Å². The second-order valence-electron chi connectivity index (χ2n) is 7.09. The highest BCUT2D eigenvalue weighted by atomic mass is 35.5. The summed E-state index contributed by atoms with van der Waals surface area (Å²) >= 11 is 6.06. The fourth-order valence-electron chi connectivity index (χ4n) is 2.29. The largest absolute Gasteiger partial charge is 0.444 e. The number of carbonyl (C=O) groups excluding carboxylic acids is 2. The van der Waals surface area contributed by atoms with Gasteiger partial charge in [-0.1, -0.05) is 11.6 Å². The number of hydrogen-bond acceptors (Lipinski definition) is 4. The van der Waals surface area contributed by atoms with E-state index in [4.69, 9.17) is 16.3 Å². The molecule has 1 N–H and O–H groups in total. The van der Waals surface area contributed by atoms with Crippen LogP contribution in [0.3, 0.4) is 0 Å². The first kappa shape index (κ1) is 19.8. The highest BCUT2D eigenvalue weighted by molar-refractivity contribution is 6.31. The van der Waals surface area contributed by atoms with Crippen LogP contribution < -0.4 is 10.2 Å². The third kappa shape index (κ3) is 5.23. The molecule has 2 aromatic rings. The first-order valence-electron chi connectivity index (χ1n) is 8.18. The minimum atomic E-state index is -0.636. The Labute approximate surface area is 158 Å². The van der Waals surface area contributed by atoms with Crippen molar-refractivity contribution in [1.82, 2.24) is 0 Å². The number of amides is 1. The molecule has 0 fully saturated rings. The van der Waals surface area contributed by atoms with Crippen molar-refractivity contribution in [2.24, 2.45) is 0 Å². The van der Waals surface area contributed by atoms with Gasteiger partial charge in [0, 0.05) is 35.9 Å². The summed E-state index contributed by atoms with van der Waals surface area (Å²) in [6, 6.07) is 12.0. The van der Waals surface area contributed by atoms with Crippen LogP contribution in [0.2, 0.25) is 5.02 Å². The summed E-state index contributed by atoms with van der Waals surface area (Å²) in [6.45, 7) is 5.31. The SMILES string of the molecule is CN(C)c1ccc(C(=O)c2cc(Cl)ccc2NC(=O)OC(C)(C)C)cc1. The fourth-order valence-corrected chi connectivity index (χ4v) is 2.47. The normalized spacial score (nSPS) is 11.0. The lowest BCUT2D eigenvalue weighted by Crippen LogP contribution is -2.27. The van der Waals surface area contributed by atoms with Crippen LogP contribution in [0.1, 0.15) is 36.7 Å². The lowest BCUT2D eigenvalue weighted by molar-refractivity contribution is 0.0636. The Morgan fingerprint density at radius 2 is 1.65 bits per heavy atom. The Kier molecular flexibility index (Phi) is 5.93. The lowest BCUT2D eigenvalue weighted by atomic mass is 10.0. The zero-order valence-corrected chi connectivity index (χ0v) is 16.3. The van der Waals surface area contributed by atoms with Gasteiger partial charge in [-0.3, -0.25) is 10.1 Å². The Hall–Kier alpha value is -2.53. The summed E-state index contributed by atoms with van der Waals surface area (Å²) in [5.41, 5.74) is 1.51. The number of ether oxygens (including phenoxy) is 1. The molecule has 5 nitrogen and oxygen atoms in total. The molecule has 0 unspecified atom stereocenters. The van der Waals surface area contributed by atoms with Gasteiger partial charge in [-0.05, 0) is 63.2 Å². The topological polar surface area (TPSA) is 58.6 Å². The van der Waals surface area contributed by atoms with Crippen LogP contribution in [0.4, 0.5) is 16.2 Å². The molecule has 1 amide bonds. The predicted octanol–water partition coefficient (Wildman–Crippen LogP) is 4.98. The maximum atomic E-state index is 12.9. The van der Waals surface area contributed by atoms with Gasteiger partial charge >= 0.3 is 6.09 Å². The molecule has 26 heavy (non-hydrogen) atoms. The second-order valence-corrected chi connectivity index (χ2v) is 7.52. The van der Waals surface area contributed by atoms with Crippen molar-refractivity contribution in [2.45, 2.75) is 26.4 Å². The number of benzene rings is 2. The van der Waals surface area contributed by atoms with Crippen LogP contribution in [0.25, 0.3) is 0 Å². The van der Waals surface area contributed by atoms with Gasteiger partial charge in [0.05, 0.1) is 5.69 Å². The van der Waals surface area contributed by atoms with Crippen LogP contribution >= 0.6 is 11.6 Å². The summed E-state index contributed by atoms with van der Waals surface area (Å²) in [5, 5.41) is 3.04. The molecule has 138 valence electrons. The van der Waals surface area contributed by atoms with Crippen molar-refractivity contribution >= 4 is 34.9 Å². The van der Waals surface area contributed by atoms with Crippen molar-refractivity contribution in [1.29, 1.82) is 0 Å². The summed E-state index contributed by atoms with van der Waals surface area (Å²) in [5.74, 6) is -0.233. The van der Waals surface area contributed by atoms with E-state index in [0.717, 1.165) is 5.69 Å². The van der Waals surface area contributed by atoms with Gasteiger partial charge in [-0.2, -0.15) is 0 Å². The molecule has 0 aromatic heterocycles. The zero-order chi connectivity index (χ0) is 19.5. The number of ketones is 1. The molecule has 0 atom stereocenters. The number of anilines is 2. The zero-order valence-electron chi connectivity index (χ0n) is 15.6. The first-order valence-corrected chi connectivity index (χ1v) is 8.56. The van der Waals surface area contributed by atoms with Crippen molar-refractivity contribution in [3.05, 3.63) is 58.6 Å². The van der Waals surface area contributed by atoms with E-state index in [1.807, 2.05) is 31.1 Å². The second kappa shape index (κ2) is 7.79. The van der Waals surface area contributed by atoms with Gasteiger partial charge in [0.15, 0.2) is 5.78 Å². The molecule has 0 aliphatic carbocycles. The fraction of sp³-hybridized carbons (Fsp3) is 0.300. The van der Waals surface area contributed by atoms with E-state index in [1.54, 1.807) is 45.0 Å². The van der Waals surface area contributed by atoms with E-state index >= 15 is 0 Å². The van der Waals surface area contributed by atoms with Crippen molar-refractivity contribution in [2.75, 3.05) is 24.3 Å². The van der Waals surface area contributed by atoms with E-state index in [-0.39, 0.29) is 5.78 Å². The van der Waals surface area contributed by atoms with E-state index in [9.17, 15) is 9.59 Å². The Morgan fingerprint density at radius 3 is 2.19 bits per heavy atom. The maximum absolute atomic E-state index is 12.9. The maximum Gasteiger partial charge on any atom is 0.412 e. The van der Waals surface area contributed by atoms with Crippen LogP contribution in [0, 0.1) is 0 Å². The standard InChI is InChI=1S/C20H23ClN2O3/c1-20(2,3)26-19(25)22-17-11-8-14(21)12-16(17)18(24)13-6-9-15(10-7-13)23(4)5/h6-12H,1-5H3,(H,22,25). The Bertz CT molecular complexity index is 809. The molecule has 0 spiro atoms. The number of carbonyl (C=O) groups is 2. The number of nitrogens with zero attached hydrogens (tertiary/aromatic N) is 1. The van der Waals surface area contributed by atoms with Gasteiger partial charge in [-0.25, -0.2) is 4.79 Å². The van der Waals surface area contributed by atoms with E-state index in [1.165, 1.54) is 6.07 Å². The predicted molar refractivity (Wildman–Crippen MR) is 106 cm³/mol. The highest BCUT2D eigenvalue weighted by Crippen LogP contribution is 2.25. The summed E-state index contributed by atoms with van der Waals surface area (Å²) in [4.78, 5) is 26.9. The van der Waals surface area contributed by atoms with Gasteiger partial charge in [0.2, 0.25) is 0 Å². The average molecular weight is 375 g/mol. The number of nitrogens with one attached hydrogen (secondary N) is 1. The molecule has 0 aliphatic rings. The quantitative estimate of drug-likeness (QED) is 0.766. The van der Waals surface area contributed by atoms with Gasteiger partial charge in [-0.15, -0.1) is 0 Å². The van der Waals surface area contributed by atoms with Crippen molar-refractivity contribution in [3.8, 4) is 0 Å². The molecule has 0 saturated carbocycles. The van der Waals surface area contributed by atoms with Crippen molar-refractivity contribution < 1.29 is 14.3 Å². The highest BCUT2D eigenvalue weighted by Gasteiger charge is 2.20. The molecule has 0 heterocycles. The van der Waals surface area contributed by atoms with E-state index in [2.05, 4.69) is 5.32 Å². The molecule has 0 saturated heterocycles. The van der Waals surface area contributed by atoms with Crippen molar-refractivity contribution in [3.63, 3.8) is 0 Å². The van der Waals surface area contributed by atoms with Crippen LogP contribution in [0.15, 0.2) is 42.5 Å². The van der Waals surface area contributed by atoms with E-state index in [0.29, 0.717) is 21.8 Å². The minimum Gasteiger partial charge on any atom is -0.444 e. The van der Waals surface area contributed by atoms with E-state index < -0.39 is 11.7 Å². The number of hydrogen-bond donors (Lipinski definition) is 1. The van der Waals surface area contributed by atoms with Crippen LogP contribution in [-0.4, -0.2) is 31.6 Å². The number of halogens is 1. The summed E-state index contributed by atoms with van der Waals surface area (Å²) in [7, 11) is 3.85. The third-order valence-corrected chi connectivity index (χ3v) is 3.74. The summed E-state index contributed by atoms with van der Waals surface area (Å²) in [6.07, 6.45) is -0.628. The molecule has 2 aromatic carbocycles. The third-order valence-electron chi connectivity index (χ3n) is 3.51. The molecular formula is C20H23ClN2O3. The Morgan fingerprint density at radius 1 is 1.04 bits per heavy atom. The molecule has 0 radical (unpaired) electrons. The molecule has 6 heteroatoms. The monoisotopic (exact) mass is 374 g/mol. The molecule has 2 rings (SSSR count). The average Bonchev–Trinajstić information content (AvgIpc) is 2.54. The molecule has 0 aliphatic heterocycles. The molecule has 0 bridgehead atoms. The Balaban J connectivity index is 2.31. The first-order chi connectivity index (χ1) is 12.1. The van der Waals surface area contributed by atoms with Crippen LogP contribution in [-0.2, 0) is 4.74 Å². The van der Waals surface area contributed by atoms with Gasteiger partial charge < -0.3 is 9.64 Å². The smallest absolute Gasteiger partial charge is 0.412 e. The van der Waals surface area contributed by atoms with Gasteiger partial charge in [0.1, 0.15) is 5.60 Å².